The number of allylic oxidation sites excluding steroid dienone is 1. The van der Waals surface area contributed by atoms with Gasteiger partial charge in [-0.05, 0) is 43.2 Å². The monoisotopic (exact) mass is 422 g/mol. The van der Waals surface area contributed by atoms with Crippen molar-refractivity contribution < 1.29 is 4.79 Å². The van der Waals surface area contributed by atoms with Crippen molar-refractivity contribution in [2.45, 2.75) is 18.8 Å². The molecule has 0 unspecified atom stereocenters. The first-order valence-corrected chi connectivity index (χ1v) is 10.2. The van der Waals surface area contributed by atoms with Gasteiger partial charge < -0.3 is 10.2 Å². The van der Waals surface area contributed by atoms with Gasteiger partial charge in [-0.15, -0.1) is 0 Å². The molecule has 30 heavy (non-hydrogen) atoms. The summed E-state index contributed by atoms with van der Waals surface area (Å²) in [4.78, 5) is 26.4. The largest absolute Gasteiger partial charge is 0.358 e. The summed E-state index contributed by atoms with van der Waals surface area (Å²) < 4.78 is 2.18. The third kappa shape index (κ3) is 4.07. The van der Waals surface area contributed by atoms with E-state index in [1.165, 1.54) is 6.08 Å². The first-order valence-electron chi connectivity index (χ1n) is 9.87. The maximum atomic E-state index is 11.0. The lowest BCUT2D eigenvalue weighted by atomic mass is 9.95. The molecule has 4 rings (SSSR count). The second kappa shape index (κ2) is 9.09. The minimum atomic E-state index is 0.293. The zero-order valence-electron chi connectivity index (χ0n) is 16.7. The molecule has 1 fully saturated rings. The Kier molecular flexibility index (Phi) is 6.09. The number of benzene rings is 1. The number of carbonyl (C=O) groups excluding carboxylic acids is 1. The highest BCUT2D eigenvalue weighted by molar-refractivity contribution is 6.30. The summed E-state index contributed by atoms with van der Waals surface area (Å²) in [6.07, 6.45) is 9.40. The van der Waals surface area contributed by atoms with Gasteiger partial charge in [-0.3, -0.25) is 19.3 Å². The standard InChI is InChI=1S/C22H23ClN6O/c1-24-15-26-21(9-13-30)28-11-7-16(8-12-28)22-27-19-6-10-25-14-20(19)29(22)18-4-2-17(23)3-5-18/h2-6,9-10,13-16H,7-8,11-12H2,1H3,(H,24,26)/b21-9+. The van der Waals surface area contributed by atoms with Gasteiger partial charge >= 0.3 is 0 Å². The number of likely N-dealkylation sites (tertiary alicyclic amines) is 1. The first kappa shape index (κ1) is 20.1. The summed E-state index contributed by atoms with van der Waals surface area (Å²) in [5.41, 5.74) is 2.94. The van der Waals surface area contributed by atoms with Crippen molar-refractivity contribution in [2.24, 2.45) is 4.99 Å². The molecule has 1 saturated heterocycles. The number of aldehydes is 1. The van der Waals surface area contributed by atoms with Crippen LogP contribution >= 0.6 is 11.6 Å². The van der Waals surface area contributed by atoms with E-state index >= 15 is 0 Å². The number of nitrogens with zero attached hydrogens (tertiary/aromatic N) is 5. The Hall–Kier alpha value is -3.19. The van der Waals surface area contributed by atoms with Gasteiger partial charge in [0.25, 0.3) is 0 Å². The van der Waals surface area contributed by atoms with Crippen LogP contribution in [-0.4, -0.2) is 52.2 Å². The van der Waals surface area contributed by atoms with Crippen molar-refractivity contribution in [2.75, 3.05) is 20.1 Å². The van der Waals surface area contributed by atoms with Crippen LogP contribution in [0.1, 0.15) is 24.6 Å². The lowest BCUT2D eigenvalue weighted by Crippen LogP contribution is -2.38. The van der Waals surface area contributed by atoms with E-state index in [1.807, 2.05) is 36.5 Å². The first-order chi connectivity index (χ1) is 14.7. The molecule has 3 heterocycles. The molecule has 8 heteroatoms. The van der Waals surface area contributed by atoms with Crippen molar-refractivity contribution in [3.8, 4) is 5.69 Å². The van der Waals surface area contributed by atoms with E-state index in [9.17, 15) is 4.79 Å². The van der Waals surface area contributed by atoms with Gasteiger partial charge in [0.1, 0.15) is 17.9 Å². The molecular weight excluding hydrogens is 400 g/mol. The second-order valence-electron chi connectivity index (χ2n) is 7.13. The van der Waals surface area contributed by atoms with E-state index in [0.29, 0.717) is 10.9 Å². The van der Waals surface area contributed by atoms with Crippen LogP contribution in [0.15, 0.2) is 59.6 Å². The molecule has 2 aromatic heterocycles. The molecule has 0 saturated carbocycles. The van der Waals surface area contributed by atoms with Crippen LogP contribution in [0.5, 0.6) is 0 Å². The summed E-state index contributed by atoms with van der Waals surface area (Å²) >= 11 is 6.10. The molecule has 0 atom stereocenters. The molecule has 0 radical (unpaired) electrons. The number of hydrogen-bond acceptors (Lipinski definition) is 5. The Balaban J connectivity index is 1.63. The Morgan fingerprint density at radius 1 is 1.23 bits per heavy atom. The molecule has 1 aliphatic rings. The highest BCUT2D eigenvalue weighted by Crippen LogP contribution is 2.33. The molecule has 7 nitrogen and oxygen atoms in total. The van der Waals surface area contributed by atoms with Gasteiger partial charge in [0.15, 0.2) is 0 Å². The number of fused-ring (bicyclic) bond motifs is 1. The Morgan fingerprint density at radius 3 is 2.70 bits per heavy atom. The number of hydrogen-bond donors (Lipinski definition) is 1. The van der Waals surface area contributed by atoms with Gasteiger partial charge in [0.2, 0.25) is 0 Å². The van der Waals surface area contributed by atoms with Gasteiger partial charge in [-0.2, -0.15) is 0 Å². The van der Waals surface area contributed by atoms with Crippen LogP contribution in [0.4, 0.5) is 0 Å². The Labute approximate surface area is 180 Å². The highest BCUT2D eigenvalue weighted by atomic mass is 35.5. The van der Waals surface area contributed by atoms with E-state index in [4.69, 9.17) is 16.6 Å². The molecular formula is C22H23ClN6O. The summed E-state index contributed by atoms with van der Waals surface area (Å²) in [5.74, 6) is 2.09. The van der Waals surface area contributed by atoms with Gasteiger partial charge in [-0.1, -0.05) is 11.6 Å². The van der Waals surface area contributed by atoms with E-state index in [0.717, 1.165) is 60.6 Å². The lowest BCUT2D eigenvalue weighted by Gasteiger charge is -2.34. The average Bonchev–Trinajstić information content (AvgIpc) is 3.17. The van der Waals surface area contributed by atoms with Gasteiger partial charge in [0.05, 0.1) is 23.6 Å². The number of halogens is 1. The van der Waals surface area contributed by atoms with Gasteiger partial charge in [0, 0.05) is 49.0 Å². The number of aliphatic imine (C=N–C) groups is 1. The summed E-state index contributed by atoms with van der Waals surface area (Å²) in [6.45, 7) is 1.63. The molecule has 1 N–H and O–H groups in total. The lowest BCUT2D eigenvalue weighted by molar-refractivity contribution is -0.104. The van der Waals surface area contributed by atoms with Crippen LogP contribution in [0.3, 0.4) is 0 Å². The maximum absolute atomic E-state index is 11.0. The smallest absolute Gasteiger partial charge is 0.146 e. The predicted molar refractivity (Wildman–Crippen MR) is 119 cm³/mol. The van der Waals surface area contributed by atoms with Crippen molar-refractivity contribution in [3.63, 3.8) is 0 Å². The van der Waals surface area contributed by atoms with Crippen LogP contribution in [0.2, 0.25) is 5.02 Å². The van der Waals surface area contributed by atoms with Crippen LogP contribution < -0.4 is 5.32 Å². The van der Waals surface area contributed by atoms with E-state index < -0.39 is 0 Å². The minimum Gasteiger partial charge on any atom is -0.358 e. The fraction of sp³-hybridized carbons (Fsp3) is 0.273. The van der Waals surface area contributed by atoms with Crippen molar-refractivity contribution in [3.05, 3.63) is 65.5 Å². The summed E-state index contributed by atoms with van der Waals surface area (Å²) in [6, 6.07) is 9.74. The third-order valence-electron chi connectivity index (χ3n) is 5.34. The number of aromatic nitrogens is 3. The Morgan fingerprint density at radius 2 is 2.00 bits per heavy atom. The van der Waals surface area contributed by atoms with Crippen LogP contribution in [0, 0.1) is 0 Å². The number of rotatable bonds is 6. The highest BCUT2D eigenvalue weighted by Gasteiger charge is 2.27. The summed E-state index contributed by atoms with van der Waals surface area (Å²) in [7, 11) is 1.69. The van der Waals surface area contributed by atoms with Crippen molar-refractivity contribution in [1.29, 1.82) is 0 Å². The number of carbonyl (C=O) groups is 1. The predicted octanol–water partition coefficient (Wildman–Crippen LogP) is 3.54. The molecule has 154 valence electrons. The molecule has 0 bridgehead atoms. The van der Waals surface area contributed by atoms with Crippen LogP contribution in [0.25, 0.3) is 16.7 Å². The molecule has 3 aromatic rings. The van der Waals surface area contributed by atoms with Crippen molar-refractivity contribution in [1.82, 2.24) is 24.8 Å². The average molecular weight is 423 g/mol. The molecule has 0 aliphatic carbocycles. The molecule has 0 spiro atoms. The van der Waals surface area contributed by atoms with E-state index in [2.05, 4.69) is 24.8 Å². The topological polar surface area (TPSA) is 75.4 Å². The second-order valence-corrected chi connectivity index (χ2v) is 7.56. The zero-order chi connectivity index (χ0) is 20.9. The SMILES string of the molecule is CN=CN/C(=C\C=O)N1CCC(c2nc3ccncc3n2-c2ccc(Cl)cc2)CC1. The maximum Gasteiger partial charge on any atom is 0.146 e. The van der Waals surface area contributed by atoms with Crippen molar-refractivity contribution >= 4 is 35.3 Å². The van der Waals surface area contributed by atoms with E-state index in [1.54, 1.807) is 19.6 Å². The van der Waals surface area contributed by atoms with Crippen LogP contribution in [-0.2, 0) is 4.79 Å². The quantitative estimate of drug-likeness (QED) is 0.284. The molecule has 1 aromatic carbocycles. The Bertz CT molecular complexity index is 1080. The number of pyridine rings is 1. The van der Waals surface area contributed by atoms with Gasteiger partial charge in [-0.25, -0.2) is 4.98 Å². The number of imidazole rings is 1. The molecule has 0 amide bonds. The summed E-state index contributed by atoms with van der Waals surface area (Å²) in [5, 5.41) is 3.78. The third-order valence-corrected chi connectivity index (χ3v) is 5.59. The molecule has 1 aliphatic heterocycles. The number of nitrogens with one attached hydrogen (secondary N) is 1. The minimum absolute atomic E-state index is 0.293. The normalized spacial score (nSPS) is 15.8. The zero-order valence-corrected chi connectivity index (χ0v) is 17.5. The fourth-order valence-electron chi connectivity index (χ4n) is 3.90. The van der Waals surface area contributed by atoms with E-state index in [-0.39, 0.29) is 0 Å². The number of piperidine rings is 1. The fourth-order valence-corrected chi connectivity index (χ4v) is 4.02.